The van der Waals surface area contributed by atoms with E-state index < -0.39 is 17.9 Å². The Kier molecular flexibility index (Phi) is 11.1. The highest BCUT2D eigenvalue weighted by atomic mass is 32.2. The van der Waals surface area contributed by atoms with Gasteiger partial charge in [0.05, 0.1) is 5.92 Å². The van der Waals surface area contributed by atoms with Gasteiger partial charge < -0.3 is 15.7 Å². The van der Waals surface area contributed by atoms with E-state index in [1.807, 2.05) is 56.5 Å². The van der Waals surface area contributed by atoms with Gasteiger partial charge in [-0.25, -0.2) is 4.79 Å². The first kappa shape index (κ1) is 28.8. The number of carboxylic acids is 1. The van der Waals surface area contributed by atoms with Crippen molar-refractivity contribution in [2.24, 2.45) is 0 Å². The van der Waals surface area contributed by atoms with Gasteiger partial charge in [-0.15, -0.1) is 0 Å². The van der Waals surface area contributed by atoms with Crippen molar-refractivity contribution >= 4 is 29.5 Å². The molecule has 1 aliphatic rings. The van der Waals surface area contributed by atoms with Crippen LogP contribution in [0.15, 0.2) is 42.5 Å². The minimum Gasteiger partial charge on any atom is -0.480 e. The summed E-state index contributed by atoms with van der Waals surface area (Å²) in [6.07, 6.45) is 10.3. The van der Waals surface area contributed by atoms with Crippen LogP contribution >= 0.6 is 11.8 Å². The van der Waals surface area contributed by atoms with Crippen LogP contribution in [0.1, 0.15) is 85.7 Å². The smallest absolute Gasteiger partial charge is 0.326 e. The third-order valence-electron chi connectivity index (χ3n) is 7.28. The molecule has 0 spiro atoms. The van der Waals surface area contributed by atoms with Gasteiger partial charge in [-0.05, 0) is 79.5 Å². The molecule has 0 radical (unpaired) electrons. The maximum Gasteiger partial charge on any atom is 0.326 e. The van der Waals surface area contributed by atoms with Gasteiger partial charge in [0.1, 0.15) is 6.04 Å². The van der Waals surface area contributed by atoms with Gasteiger partial charge in [0.25, 0.3) is 5.91 Å². The minimum absolute atomic E-state index is 0.00140. The summed E-state index contributed by atoms with van der Waals surface area (Å²) in [4.78, 5) is 38.2. The fourth-order valence-electron chi connectivity index (χ4n) is 4.93. The Morgan fingerprint density at radius 3 is 2.32 bits per heavy atom. The van der Waals surface area contributed by atoms with Crippen molar-refractivity contribution in [3.05, 3.63) is 59.2 Å². The lowest BCUT2D eigenvalue weighted by molar-refractivity contribution is -0.139. The Balaban J connectivity index is 1.88. The molecular formula is C30H40N2O4S. The van der Waals surface area contributed by atoms with Crippen molar-refractivity contribution in [2.45, 2.75) is 83.2 Å². The summed E-state index contributed by atoms with van der Waals surface area (Å²) in [7, 11) is 0. The first-order valence-electron chi connectivity index (χ1n) is 13.3. The van der Waals surface area contributed by atoms with Crippen molar-refractivity contribution < 1.29 is 19.5 Å². The summed E-state index contributed by atoms with van der Waals surface area (Å²) < 4.78 is 0. The fourth-order valence-corrected chi connectivity index (χ4v) is 5.41. The van der Waals surface area contributed by atoms with E-state index >= 15 is 0 Å². The number of carboxylic acid groups (broad SMARTS) is 1. The molecule has 2 aromatic rings. The van der Waals surface area contributed by atoms with Gasteiger partial charge in [-0.2, -0.15) is 11.8 Å². The number of amides is 2. The number of hydrogen-bond donors (Lipinski definition) is 3. The molecule has 2 amide bonds. The Labute approximate surface area is 225 Å². The molecule has 2 atom stereocenters. The monoisotopic (exact) mass is 524 g/mol. The molecule has 200 valence electrons. The van der Waals surface area contributed by atoms with Crippen LogP contribution in [-0.4, -0.2) is 47.0 Å². The summed E-state index contributed by atoms with van der Waals surface area (Å²) in [5.74, 6) is -1.21. The fraction of sp³-hybridized carbons (Fsp3) is 0.500. The van der Waals surface area contributed by atoms with Crippen molar-refractivity contribution in [2.75, 3.05) is 12.0 Å². The molecule has 3 rings (SSSR count). The van der Waals surface area contributed by atoms with Crippen LogP contribution in [0, 0.1) is 6.92 Å². The number of aliphatic carboxylic acids is 1. The van der Waals surface area contributed by atoms with Crippen LogP contribution in [0.5, 0.6) is 0 Å². The molecule has 37 heavy (non-hydrogen) atoms. The zero-order valence-corrected chi connectivity index (χ0v) is 23.0. The molecule has 1 fully saturated rings. The molecule has 0 aromatic heterocycles. The normalized spacial score (nSPS) is 16.2. The van der Waals surface area contributed by atoms with Crippen LogP contribution in [0.3, 0.4) is 0 Å². The average molecular weight is 525 g/mol. The van der Waals surface area contributed by atoms with Gasteiger partial charge in [0.2, 0.25) is 5.91 Å². The maximum atomic E-state index is 13.3. The van der Waals surface area contributed by atoms with Crippen LogP contribution in [0.4, 0.5) is 0 Å². The molecule has 0 aliphatic heterocycles. The van der Waals surface area contributed by atoms with E-state index in [9.17, 15) is 19.5 Å². The highest BCUT2D eigenvalue weighted by Crippen LogP contribution is 2.31. The Hall–Kier alpha value is -2.80. The molecule has 7 heteroatoms. The highest BCUT2D eigenvalue weighted by Gasteiger charge is 2.25. The first-order valence-corrected chi connectivity index (χ1v) is 14.7. The predicted octanol–water partition coefficient (Wildman–Crippen LogP) is 5.93. The summed E-state index contributed by atoms with van der Waals surface area (Å²) >= 11 is 1.54. The van der Waals surface area contributed by atoms with Gasteiger partial charge in [-0.1, -0.05) is 62.4 Å². The number of hydrogen-bond acceptors (Lipinski definition) is 4. The molecule has 6 nitrogen and oxygen atoms in total. The maximum absolute atomic E-state index is 13.3. The van der Waals surface area contributed by atoms with E-state index in [0.717, 1.165) is 42.4 Å². The van der Waals surface area contributed by atoms with Crippen molar-refractivity contribution in [3.63, 3.8) is 0 Å². The lowest BCUT2D eigenvalue weighted by Crippen LogP contribution is -2.41. The number of nitrogens with one attached hydrogen (secondary N) is 2. The summed E-state index contributed by atoms with van der Waals surface area (Å²) in [6, 6.07) is 12.5. The zero-order chi connectivity index (χ0) is 26.8. The molecule has 2 unspecified atom stereocenters. The van der Waals surface area contributed by atoms with Crippen LogP contribution < -0.4 is 10.6 Å². The quantitative estimate of drug-likeness (QED) is 0.358. The van der Waals surface area contributed by atoms with Crippen LogP contribution in [0.2, 0.25) is 0 Å². The molecule has 1 aliphatic carbocycles. The zero-order valence-electron chi connectivity index (χ0n) is 22.2. The first-order chi connectivity index (χ1) is 17.8. The Morgan fingerprint density at radius 2 is 1.68 bits per heavy atom. The summed E-state index contributed by atoms with van der Waals surface area (Å²) in [5, 5.41) is 15.6. The standard InChI is InChI=1S/C30H40N2O4S/c1-20-11-9-10-14-24(20)26-19-22(21(2)28(33)31-23-12-7-5-4-6-8-13-23)15-16-25(26)29(34)32-27(30(35)36)17-18-37-3/h9-11,14-16,19,21,23,27H,4-8,12-13,17-18H2,1-3H3,(H,31,33)(H,32,34)(H,35,36). The summed E-state index contributed by atoms with van der Waals surface area (Å²) in [5.41, 5.74) is 3.82. The van der Waals surface area contributed by atoms with Crippen molar-refractivity contribution in [3.8, 4) is 11.1 Å². The third kappa shape index (κ3) is 8.09. The lowest BCUT2D eigenvalue weighted by atomic mass is 9.89. The molecule has 3 N–H and O–H groups in total. The molecule has 1 saturated carbocycles. The number of carbonyl (C=O) groups is 3. The van der Waals surface area contributed by atoms with E-state index in [2.05, 4.69) is 10.6 Å². The van der Waals surface area contributed by atoms with Crippen LogP contribution in [0.25, 0.3) is 11.1 Å². The molecule has 2 aromatic carbocycles. The van der Waals surface area contributed by atoms with E-state index in [1.165, 1.54) is 19.3 Å². The molecular weight excluding hydrogens is 484 g/mol. The number of benzene rings is 2. The van der Waals surface area contributed by atoms with E-state index in [0.29, 0.717) is 23.3 Å². The predicted molar refractivity (Wildman–Crippen MR) is 151 cm³/mol. The largest absolute Gasteiger partial charge is 0.480 e. The van der Waals surface area contributed by atoms with Crippen molar-refractivity contribution in [1.29, 1.82) is 0 Å². The number of aryl methyl sites for hydroxylation is 1. The average Bonchev–Trinajstić information content (AvgIpc) is 2.87. The Morgan fingerprint density at radius 1 is 1.00 bits per heavy atom. The second kappa shape index (κ2) is 14.2. The third-order valence-corrected chi connectivity index (χ3v) is 7.93. The number of thioether (sulfide) groups is 1. The topological polar surface area (TPSA) is 95.5 Å². The van der Waals surface area contributed by atoms with Crippen molar-refractivity contribution in [1.82, 2.24) is 10.6 Å². The number of rotatable bonds is 10. The Bertz CT molecular complexity index is 1080. The minimum atomic E-state index is -1.05. The number of carbonyl (C=O) groups excluding carboxylic acids is 2. The second-order valence-corrected chi connectivity index (χ2v) is 11.0. The van der Waals surface area contributed by atoms with Gasteiger partial charge in [-0.3, -0.25) is 9.59 Å². The van der Waals surface area contributed by atoms with Crippen LogP contribution in [-0.2, 0) is 9.59 Å². The van der Waals surface area contributed by atoms with Gasteiger partial charge in [0, 0.05) is 11.6 Å². The van der Waals surface area contributed by atoms with E-state index in [4.69, 9.17) is 0 Å². The SMILES string of the molecule is CSCCC(NC(=O)c1ccc(C(C)C(=O)NC2CCCCCCC2)cc1-c1ccccc1C)C(=O)O. The van der Waals surface area contributed by atoms with Gasteiger partial charge in [0.15, 0.2) is 0 Å². The highest BCUT2D eigenvalue weighted by molar-refractivity contribution is 7.98. The second-order valence-electron chi connectivity index (χ2n) is 10.0. The molecule has 0 heterocycles. The van der Waals surface area contributed by atoms with Gasteiger partial charge >= 0.3 is 5.97 Å². The van der Waals surface area contributed by atoms with E-state index in [-0.39, 0.29) is 17.9 Å². The molecule has 0 bridgehead atoms. The summed E-state index contributed by atoms with van der Waals surface area (Å²) in [6.45, 7) is 3.88. The lowest BCUT2D eigenvalue weighted by Gasteiger charge is -2.24. The van der Waals surface area contributed by atoms with E-state index in [1.54, 1.807) is 17.8 Å². The molecule has 0 saturated heterocycles.